The SMILES string of the molecule is O=C(NN1C[C@H](C(=O)O[C@H](CCCl)C(=O)c2ccc(F)cc2)CC1=O)c1ccc(Cl)c(Cl)c1. The summed E-state index contributed by atoms with van der Waals surface area (Å²) in [6, 6.07) is 9.04. The van der Waals surface area contributed by atoms with Gasteiger partial charge in [0.15, 0.2) is 6.10 Å². The van der Waals surface area contributed by atoms with Gasteiger partial charge in [0.05, 0.1) is 22.5 Å². The van der Waals surface area contributed by atoms with E-state index in [0.717, 1.165) is 17.1 Å². The molecule has 0 saturated carbocycles. The van der Waals surface area contributed by atoms with E-state index in [2.05, 4.69) is 5.43 Å². The third-order valence-electron chi connectivity index (χ3n) is 4.93. The number of carbonyl (C=O) groups is 4. The summed E-state index contributed by atoms with van der Waals surface area (Å²) in [7, 11) is 0. The molecular weight excluding hydrogens is 498 g/mol. The van der Waals surface area contributed by atoms with Crippen LogP contribution in [0.15, 0.2) is 42.5 Å². The van der Waals surface area contributed by atoms with Crippen molar-refractivity contribution < 1.29 is 28.3 Å². The lowest BCUT2D eigenvalue weighted by Gasteiger charge is -2.20. The zero-order chi connectivity index (χ0) is 24.1. The van der Waals surface area contributed by atoms with E-state index in [0.29, 0.717) is 0 Å². The first-order valence-corrected chi connectivity index (χ1v) is 11.1. The Morgan fingerprint density at radius 3 is 2.39 bits per heavy atom. The number of ketones is 1. The number of carbonyl (C=O) groups excluding carboxylic acids is 4. The van der Waals surface area contributed by atoms with Gasteiger partial charge in [-0.3, -0.25) is 29.6 Å². The highest BCUT2D eigenvalue weighted by Gasteiger charge is 2.38. The molecule has 1 aliphatic rings. The van der Waals surface area contributed by atoms with E-state index >= 15 is 0 Å². The number of hydrogen-bond donors (Lipinski definition) is 1. The second kappa shape index (κ2) is 11.0. The van der Waals surface area contributed by atoms with Crippen LogP contribution < -0.4 is 5.43 Å². The summed E-state index contributed by atoms with van der Waals surface area (Å²) in [5.41, 5.74) is 2.76. The van der Waals surface area contributed by atoms with E-state index in [4.69, 9.17) is 39.5 Å². The van der Waals surface area contributed by atoms with Gasteiger partial charge in [-0.05, 0) is 42.5 Å². The molecule has 0 unspecified atom stereocenters. The zero-order valence-corrected chi connectivity index (χ0v) is 19.3. The third-order valence-corrected chi connectivity index (χ3v) is 5.88. The second-order valence-electron chi connectivity index (χ2n) is 7.25. The number of alkyl halides is 1. The maximum atomic E-state index is 13.1. The van der Waals surface area contributed by atoms with Crippen LogP contribution in [0.3, 0.4) is 0 Å². The van der Waals surface area contributed by atoms with Crippen LogP contribution in [0.5, 0.6) is 0 Å². The molecule has 2 aromatic rings. The first-order chi connectivity index (χ1) is 15.7. The molecular formula is C22H18Cl3FN2O5. The highest BCUT2D eigenvalue weighted by atomic mass is 35.5. The van der Waals surface area contributed by atoms with Crippen LogP contribution in [0.4, 0.5) is 4.39 Å². The zero-order valence-electron chi connectivity index (χ0n) is 17.0. The van der Waals surface area contributed by atoms with Gasteiger partial charge in [0.2, 0.25) is 11.7 Å². The van der Waals surface area contributed by atoms with Gasteiger partial charge >= 0.3 is 5.97 Å². The van der Waals surface area contributed by atoms with Crippen molar-refractivity contribution in [2.75, 3.05) is 12.4 Å². The second-order valence-corrected chi connectivity index (χ2v) is 8.44. The predicted octanol–water partition coefficient (Wildman–Crippen LogP) is 4.05. The Hall–Kier alpha value is -2.68. The third kappa shape index (κ3) is 6.22. The van der Waals surface area contributed by atoms with Gasteiger partial charge in [0.25, 0.3) is 5.91 Å². The lowest BCUT2D eigenvalue weighted by atomic mass is 10.0. The number of hydrogen-bond acceptors (Lipinski definition) is 5. The number of hydrazine groups is 1. The van der Waals surface area contributed by atoms with Crippen molar-refractivity contribution in [3.8, 4) is 0 Å². The molecule has 0 bridgehead atoms. The van der Waals surface area contributed by atoms with Crippen LogP contribution in [0.25, 0.3) is 0 Å². The Balaban J connectivity index is 1.63. The maximum Gasteiger partial charge on any atom is 0.312 e. The largest absolute Gasteiger partial charge is 0.454 e. The molecule has 33 heavy (non-hydrogen) atoms. The summed E-state index contributed by atoms with van der Waals surface area (Å²) >= 11 is 17.5. The Bertz CT molecular complexity index is 1080. The number of rotatable bonds is 8. The Labute approximate surface area is 203 Å². The summed E-state index contributed by atoms with van der Waals surface area (Å²) in [6.45, 7) is -0.136. The van der Waals surface area contributed by atoms with Crippen molar-refractivity contribution in [1.29, 1.82) is 0 Å². The van der Waals surface area contributed by atoms with Gasteiger partial charge in [-0.2, -0.15) is 0 Å². The summed E-state index contributed by atoms with van der Waals surface area (Å²) in [4.78, 5) is 50.0. The standard InChI is InChI=1S/C22H18Cl3FN2O5/c23-8-7-18(20(30)12-1-4-15(26)5-2-12)33-22(32)14-10-19(29)28(11-14)27-21(31)13-3-6-16(24)17(25)9-13/h1-6,9,14,18H,7-8,10-11H2,(H,27,31)/t14-,18-/m1/s1. The smallest absolute Gasteiger partial charge is 0.312 e. The lowest BCUT2D eigenvalue weighted by Crippen LogP contribution is -2.43. The molecule has 11 heteroatoms. The topological polar surface area (TPSA) is 92.8 Å². The number of benzene rings is 2. The number of halogens is 4. The minimum atomic E-state index is -1.18. The minimum absolute atomic E-state index is 0.0420. The van der Waals surface area contributed by atoms with Gasteiger partial charge in [-0.25, -0.2) is 4.39 Å². The Morgan fingerprint density at radius 1 is 1.09 bits per heavy atom. The predicted molar refractivity (Wildman–Crippen MR) is 120 cm³/mol. The fourth-order valence-electron chi connectivity index (χ4n) is 3.18. The molecule has 0 aromatic heterocycles. The summed E-state index contributed by atoms with van der Waals surface area (Å²) in [6.07, 6.45) is -1.35. The average Bonchev–Trinajstić information content (AvgIpc) is 3.15. The van der Waals surface area contributed by atoms with Crippen LogP contribution in [0.1, 0.15) is 33.6 Å². The van der Waals surface area contributed by atoms with Crippen molar-refractivity contribution >= 4 is 58.4 Å². The van der Waals surface area contributed by atoms with Crippen molar-refractivity contribution in [3.05, 3.63) is 69.5 Å². The monoisotopic (exact) mass is 514 g/mol. The van der Waals surface area contributed by atoms with Crippen LogP contribution in [-0.4, -0.2) is 47.1 Å². The fourth-order valence-corrected chi connectivity index (χ4v) is 3.67. The maximum absolute atomic E-state index is 13.1. The molecule has 7 nitrogen and oxygen atoms in total. The molecule has 1 fully saturated rings. The Morgan fingerprint density at radius 2 is 1.76 bits per heavy atom. The van der Waals surface area contributed by atoms with E-state index in [-0.39, 0.29) is 46.4 Å². The number of esters is 1. The van der Waals surface area contributed by atoms with Crippen LogP contribution in [0.2, 0.25) is 10.0 Å². The fraction of sp³-hybridized carbons (Fsp3) is 0.273. The number of amides is 2. The van der Waals surface area contributed by atoms with Gasteiger partial charge in [0.1, 0.15) is 5.82 Å². The molecule has 2 amide bonds. The van der Waals surface area contributed by atoms with Gasteiger partial charge in [-0.1, -0.05) is 23.2 Å². The Kier molecular flexibility index (Phi) is 8.29. The molecule has 174 valence electrons. The molecule has 2 atom stereocenters. The van der Waals surface area contributed by atoms with Crippen molar-refractivity contribution in [2.45, 2.75) is 18.9 Å². The van der Waals surface area contributed by atoms with E-state index in [1.165, 1.54) is 30.3 Å². The van der Waals surface area contributed by atoms with Gasteiger partial charge < -0.3 is 4.74 Å². The minimum Gasteiger partial charge on any atom is -0.454 e. The average molecular weight is 516 g/mol. The number of ether oxygens (including phenoxy) is 1. The first kappa shape index (κ1) is 25.0. The lowest BCUT2D eigenvalue weighted by molar-refractivity contribution is -0.151. The van der Waals surface area contributed by atoms with E-state index < -0.39 is 41.4 Å². The van der Waals surface area contributed by atoms with Crippen molar-refractivity contribution in [1.82, 2.24) is 10.4 Å². The number of nitrogens with zero attached hydrogens (tertiary/aromatic N) is 1. The van der Waals surface area contributed by atoms with E-state index in [1.54, 1.807) is 0 Å². The van der Waals surface area contributed by atoms with Crippen LogP contribution in [-0.2, 0) is 14.3 Å². The van der Waals surface area contributed by atoms with Crippen molar-refractivity contribution in [2.24, 2.45) is 5.92 Å². The highest BCUT2D eigenvalue weighted by molar-refractivity contribution is 6.42. The summed E-state index contributed by atoms with van der Waals surface area (Å²) in [5, 5.41) is 1.46. The molecule has 1 aliphatic heterocycles. The number of Topliss-reactive ketones (excluding diaryl/α,β-unsaturated/α-hetero) is 1. The molecule has 1 heterocycles. The molecule has 3 rings (SSSR count). The number of nitrogens with one attached hydrogen (secondary N) is 1. The van der Waals surface area contributed by atoms with E-state index in [9.17, 15) is 23.6 Å². The summed E-state index contributed by atoms with van der Waals surface area (Å²) < 4.78 is 18.5. The molecule has 0 aliphatic carbocycles. The molecule has 1 saturated heterocycles. The molecule has 2 aromatic carbocycles. The van der Waals surface area contributed by atoms with Crippen molar-refractivity contribution in [3.63, 3.8) is 0 Å². The molecule has 1 N–H and O–H groups in total. The molecule has 0 radical (unpaired) electrons. The van der Waals surface area contributed by atoms with Crippen LogP contribution >= 0.6 is 34.8 Å². The normalized spacial score (nSPS) is 16.4. The van der Waals surface area contributed by atoms with Crippen LogP contribution in [0, 0.1) is 11.7 Å². The quantitative estimate of drug-likeness (QED) is 0.325. The highest BCUT2D eigenvalue weighted by Crippen LogP contribution is 2.24. The first-order valence-electron chi connectivity index (χ1n) is 9.82. The molecule has 0 spiro atoms. The van der Waals surface area contributed by atoms with Gasteiger partial charge in [0, 0.05) is 29.8 Å². The van der Waals surface area contributed by atoms with E-state index in [1.807, 2.05) is 0 Å². The van der Waals surface area contributed by atoms with Gasteiger partial charge in [-0.15, -0.1) is 11.6 Å². The summed E-state index contributed by atoms with van der Waals surface area (Å²) in [5.74, 6) is -3.78.